The second-order valence-corrected chi connectivity index (χ2v) is 10.1. The van der Waals surface area contributed by atoms with Crippen LogP contribution < -0.4 is 4.90 Å². The molecule has 0 radical (unpaired) electrons. The summed E-state index contributed by atoms with van der Waals surface area (Å²) >= 11 is 3.41. The third-order valence-electron chi connectivity index (χ3n) is 5.68. The molecule has 0 unspecified atom stereocenters. The molecule has 0 aliphatic carbocycles. The first kappa shape index (κ1) is 22.2. The number of nitrogens with zero attached hydrogens (tertiary/aromatic N) is 5. The minimum absolute atomic E-state index is 0.0886. The zero-order chi connectivity index (χ0) is 21.8. The van der Waals surface area contributed by atoms with Gasteiger partial charge in [0.25, 0.3) is 0 Å². The molecule has 0 saturated carbocycles. The number of rotatable bonds is 8. The van der Waals surface area contributed by atoms with E-state index < -0.39 is 0 Å². The fraction of sp³-hybridized carbons (Fsp3) is 0.522. The van der Waals surface area contributed by atoms with E-state index in [1.807, 2.05) is 14.1 Å². The van der Waals surface area contributed by atoms with Gasteiger partial charge in [-0.1, -0.05) is 19.4 Å². The Kier molecular flexibility index (Phi) is 7.20. The van der Waals surface area contributed by atoms with Crippen molar-refractivity contribution in [3.8, 4) is 10.4 Å². The highest BCUT2D eigenvalue weighted by molar-refractivity contribution is 7.18. The third-order valence-corrected chi connectivity index (χ3v) is 7.45. The first-order valence-electron chi connectivity index (χ1n) is 11.1. The summed E-state index contributed by atoms with van der Waals surface area (Å²) in [5.74, 6) is 1.85. The number of amides is 1. The summed E-state index contributed by atoms with van der Waals surface area (Å²) in [4.78, 5) is 31.2. The molecule has 1 fully saturated rings. The molecule has 4 heterocycles. The van der Waals surface area contributed by atoms with E-state index in [2.05, 4.69) is 39.6 Å². The summed E-state index contributed by atoms with van der Waals surface area (Å²) in [6.07, 6.45) is 4.76. The van der Waals surface area contributed by atoms with Gasteiger partial charge in [-0.05, 0) is 43.8 Å². The Balaban J connectivity index is 1.79. The summed E-state index contributed by atoms with van der Waals surface area (Å²) in [7, 11) is 3.62. The van der Waals surface area contributed by atoms with E-state index in [0.717, 1.165) is 54.5 Å². The molecule has 31 heavy (non-hydrogen) atoms. The average molecular weight is 458 g/mol. The third kappa shape index (κ3) is 5.07. The molecule has 6 nitrogen and oxygen atoms in total. The molecule has 4 rings (SSSR count). The number of anilines is 1. The normalized spacial score (nSPS) is 14.8. The van der Waals surface area contributed by atoms with E-state index in [1.54, 1.807) is 27.6 Å². The lowest BCUT2D eigenvalue weighted by Gasteiger charge is -2.28. The summed E-state index contributed by atoms with van der Waals surface area (Å²) in [5, 5.41) is 5.37. The maximum atomic E-state index is 12.6. The van der Waals surface area contributed by atoms with Gasteiger partial charge in [0.1, 0.15) is 16.5 Å². The van der Waals surface area contributed by atoms with Crippen molar-refractivity contribution in [2.75, 3.05) is 45.2 Å². The van der Waals surface area contributed by atoms with Crippen molar-refractivity contribution in [3.63, 3.8) is 0 Å². The van der Waals surface area contributed by atoms with E-state index in [4.69, 9.17) is 9.97 Å². The molecule has 1 aliphatic rings. The maximum absolute atomic E-state index is 12.6. The highest BCUT2D eigenvalue weighted by Crippen LogP contribution is 2.40. The van der Waals surface area contributed by atoms with Crippen LogP contribution >= 0.6 is 22.7 Å². The molecule has 1 amide bonds. The second-order valence-electron chi connectivity index (χ2n) is 8.32. The van der Waals surface area contributed by atoms with Gasteiger partial charge in [-0.3, -0.25) is 9.69 Å². The monoisotopic (exact) mass is 457 g/mol. The Morgan fingerprint density at radius 3 is 2.65 bits per heavy atom. The molecule has 0 aromatic carbocycles. The summed E-state index contributed by atoms with van der Waals surface area (Å²) in [5.41, 5.74) is 1.17. The number of carbonyl (C=O) groups is 1. The molecule has 1 aliphatic heterocycles. The minimum Gasteiger partial charge on any atom is -0.347 e. The fourth-order valence-electron chi connectivity index (χ4n) is 4.03. The summed E-state index contributed by atoms with van der Waals surface area (Å²) < 4.78 is 0. The molecule has 0 atom stereocenters. The van der Waals surface area contributed by atoms with Crippen LogP contribution in [0.2, 0.25) is 0 Å². The van der Waals surface area contributed by atoms with Crippen molar-refractivity contribution in [3.05, 3.63) is 28.7 Å². The Morgan fingerprint density at radius 2 is 1.97 bits per heavy atom. The Bertz CT molecular complexity index is 1010. The number of hydrogen-bond acceptors (Lipinski definition) is 7. The number of aromatic nitrogens is 2. The van der Waals surface area contributed by atoms with Crippen LogP contribution in [0, 0.1) is 0 Å². The first-order valence-corrected chi connectivity index (χ1v) is 12.8. The lowest BCUT2D eigenvalue weighted by molar-refractivity contribution is -0.127. The van der Waals surface area contributed by atoms with Crippen LogP contribution in [0.25, 0.3) is 20.7 Å². The number of fused-ring (bicyclic) bond motifs is 1. The van der Waals surface area contributed by atoms with Gasteiger partial charge in [-0.25, -0.2) is 9.97 Å². The number of thiophene rings is 2. The minimum atomic E-state index is 0.0886. The molecule has 8 heteroatoms. The average Bonchev–Trinajstić information content (AvgIpc) is 3.43. The molecule has 3 aromatic rings. The van der Waals surface area contributed by atoms with E-state index >= 15 is 0 Å². The van der Waals surface area contributed by atoms with Gasteiger partial charge in [0.05, 0.1) is 18.5 Å². The van der Waals surface area contributed by atoms with Crippen molar-refractivity contribution >= 4 is 44.6 Å². The number of hydrogen-bond donors (Lipinski definition) is 0. The molecule has 0 N–H and O–H groups in total. The van der Waals surface area contributed by atoms with Crippen molar-refractivity contribution in [1.29, 1.82) is 0 Å². The van der Waals surface area contributed by atoms with Crippen LogP contribution in [0.3, 0.4) is 0 Å². The Labute approximate surface area is 192 Å². The highest BCUT2D eigenvalue weighted by Gasteiger charge is 2.23. The largest absolute Gasteiger partial charge is 0.347 e. The predicted octanol–water partition coefficient (Wildman–Crippen LogP) is 4.71. The SMILES string of the molecule is CCCN(CC(=O)N(C)C)c1nc(CN2CCCCC2)nc2scc(-c3cccs3)c12. The van der Waals surface area contributed by atoms with E-state index in [1.165, 1.54) is 29.7 Å². The van der Waals surface area contributed by atoms with Gasteiger partial charge < -0.3 is 9.80 Å². The molecule has 0 bridgehead atoms. The summed E-state index contributed by atoms with van der Waals surface area (Å²) in [6, 6.07) is 4.22. The smallest absolute Gasteiger partial charge is 0.241 e. The molecule has 166 valence electrons. The van der Waals surface area contributed by atoms with Crippen LogP contribution in [0.4, 0.5) is 5.82 Å². The lowest BCUT2D eigenvalue weighted by Crippen LogP contribution is -2.38. The zero-order valence-electron chi connectivity index (χ0n) is 18.6. The van der Waals surface area contributed by atoms with E-state index in [-0.39, 0.29) is 5.91 Å². The van der Waals surface area contributed by atoms with Gasteiger partial charge in [0, 0.05) is 36.5 Å². The molecular formula is C23H31N5OS2. The molecule has 3 aromatic heterocycles. The van der Waals surface area contributed by atoms with Gasteiger partial charge in [-0.2, -0.15) is 0 Å². The second kappa shape index (κ2) is 10.1. The van der Waals surface area contributed by atoms with Gasteiger partial charge in [0.2, 0.25) is 5.91 Å². The van der Waals surface area contributed by atoms with Gasteiger partial charge in [0.15, 0.2) is 0 Å². The number of carbonyl (C=O) groups excluding carboxylic acids is 1. The summed E-state index contributed by atoms with van der Waals surface area (Å²) in [6.45, 7) is 6.26. The topological polar surface area (TPSA) is 52.6 Å². The van der Waals surface area contributed by atoms with Crippen LogP contribution in [0.15, 0.2) is 22.9 Å². The van der Waals surface area contributed by atoms with Crippen molar-refractivity contribution < 1.29 is 4.79 Å². The standard InChI is InChI=1S/C23H31N5OS2/c1-4-10-28(15-20(29)26(2)3)22-21-17(18-9-8-13-30-18)16-31-23(21)25-19(24-22)14-27-11-6-5-7-12-27/h8-9,13,16H,4-7,10-12,14-15H2,1-3H3. The van der Waals surface area contributed by atoms with Crippen LogP contribution in [0.5, 0.6) is 0 Å². The number of likely N-dealkylation sites (tertiary alicyclic amines) is 1. The van der Waals surface area contributed by atoms with Crippen molar-refractivity contribution in [2.45, 2.75) is 39.2 Å². The van der Waals surface area contributed by atoms with Crippen LogP contribution in [0.1, 0.15) is 38.4 Å². The quantitative estimate of drug-likeness (QED) is 0.490. The van der Waals surface area contributed by atoms with Crippen LogP contribution in [-0.2, 0) is 11.3 Å². The van der Waals surface area contributed by atoms with Gasteiger partial charge in [-0.15, -0.1) is 22.7 Å². The zero-order valence-corrected chi connectivity index (χ0v) is 20.3. The fourth-order valence-corrected chi connectivity index (χ4v) is 5.81. The highest BCUT2D eigenvalue weighted by atomic mass is 32.1. The number of piperidine rings is 1. The Morgan fingerprint density at radius 1 is 1.16 bits per heavy atom. The molecular weight excluding hydrogens is 426 g/mol. The van der Waals surface area contributed by atoms with Gasteiger partial charge >= 0.3 is 0 Å². The number of likely N-dealkylation sites (N-methyl/N-ethyl adjacent to an activating group) is 1. The van der Waals surface area contributed by atoms with Crippen LogP contribution in [-0.4, -0.2) is 65.9 Å². The van der Waals surface area contributed by atoms with E-state index in [9.17, 15) is 4.79 Å². The predicted molar refractivity (Wildman–Crippen MR) is 131 cm³/mol. The van der Waals surface area contributed by atoms with Crippen molar-refractivity contribution in [1.82, 2.24) is 19.8 Å². The van der Waals surface area contributed by atoms with Crippen molar-refractivity contribution in [2.24, 2.45) is 0 Å². The maximum Gasteiger partial charge on any atom is 0.241 e. The molecule has 0 spiro atoms. The molecule has 1 saturated heterocycles. The Hall–Kier alpha value is -2.03. The van der Waals surface area contributed by atoms with E-state index in [0.29, 0.717) is 6.54 Å². The lowest BCUT2D eigenvalue weighted by atomic mass is 10.1. The first-order chi connectivity index (χ1) is 15.1.